The zero-order valence-corrected chi connectivity index (χ0v) is 11.5. The van der Waals surface area contributed by atoms with E-state index < -0.39 is 0 Å². The van der Waals surface area contributed by atoms with Crippen LogP contribution in [-0.4, -0.2) is 44.3 Å². The van der Waals surface area contributed by atoms with E-state index in [9.17, 15) is 9.59 Å². The first-order chi connectivity index (χ1) is 9.51. The van der Waals surface area contributed by atoms with E-state index in [1.807, 2.05) is 6.92 Å². The van der Waals surface area contributed by atoms with Crippen LogP contribution in [0.15, 0.2) is 6.20 Å². The smallest absolute Gasteiger partial charge is 0.244 e. The van der Waals surface area contributed by atoms with Crippen molar-refractivity contribution in [3.8, 4) is 0 Å². The molecular formula is C12H20N6O2. The Morgan fingerprint density at radius 2 is 2.20 bits per heavy atom. The Hall–Kier alpha value is -1.96. The molecule has 8 heteroatoms. The Morgan fingerprint density at radius 1 is 1.45 bits per heavy atom. The molecule has 2 rings (SSSR count). The molecule has 0 spiro atoms. The van der Waals surface area contributed by atoms with Gasteiger partial charge in [0.25, 0.3) is 0 Å². The maximum atomic E-state index is 12.3. The van der Waals surface area contributed by atoms with Gasteiger partial charge in [-0.3, -0.25) is 9.59 Å². The van der Waals surface area contributed by atoms with Gasteiger partial charge in [-0.1, -0.05) is 5.21 Å². The van der Waals surface area contributed by atoms with E-state index in [-0.39, 0.29) is 36.9 Å². The predicted molar refractivity (Wildman–Crippen MR) is 71.0 cm³/mol. The van der Waals surface area contributed by atoms with Crippen molar-refractivity contribution in [2.45, 2.75) is 38.9 Å². The molecule has 1 aromatic rings. The van der Waals surface area contributed by atoms with Crippen molar-refractivity contribution in [2.24, 2.45) is 17.4 Å². The molecule has 0 bridgehead atoms. The third kappa shape index (κ3) is 3.13. The Morgan fingerprint density at radius 3 is 2.80 bits per heavy atom. The summed E-state index contributed by atoms with van der Waals surface area (Å²) in [4.78, 5) is 25.3. The topological polar surface area (TPSA) is 120 Å². The number of likely N-dealkylation sites (tertiary alicyclic amines) is 1. The third-order valence-corrected chi connectivity index (χ3v) is 3.70. The molecule has 1 fully saturated rings. The minimum absolute atomic E-state index is 0.0862. The number of amides is 2. The van der Waals surface area contributed by atoms with Gasteiger partial charge in [-0.05, 0) is 19.8 Å². The fourth-order valence-corrected chi connectivity index (χ4v) is 2.43. The molecule has 2 heterocycles. The van der Waals surface area contributed by atoms with Gasteiger partial charge in [0.2, 0.25) is 11.8 Å². The molecule has 0 radical (unpaired) electrons. The van der Waals surface area contributed by atoms with Crippen LogP contribution in [0.3, 0.4) is 0 Å². The number of primary amides is 1. The summed E-state index contributed by atoms with van der Waals surface area (Å²) in [5, 5.41) is 7.69. The average Bonchev–Trinajstić information content (AvgIpc) is 2.86. The number of piperidine rings is 1. The lowest BCUT2D eigenvalue weighted by Crippen LogP contribution is -2.49. The maximum Gasteiger partial charge on any atom is 0.244 e. The molecule has 0 saturated carbocycles. The van der Waals surface area contributed by atoms with Crippen molar-refractivity contribution >= 4 is 11.8 Å². The summed E-state index contributed by atoms with van der Waals surface area (Å²) in [5.41, 5.74) is 11.4. The summed E-state index contributed by atoms with van der Waals surface area (Å²) in [5.74, 6) is -0.691. The highest BCUT2D eigenvalue weighted by Gasteiger charge is 2.31. The lowest BCUT2D eigenvalue weighted by atomic mass is 9.93. The molecule has 1 aliphatic heterocycles. The van der Waals surface area contributed by atoms with Crippen LogP contribution in [0.1, 0.15) is 25.5 Å². The second-order valence-corrected chi connectivity index (χ2v) is 5.18. The molecule has 20 heavy (non-hydrogen) atoms. The molecule has 1 saturated heterocycles. The predicted octanol–water partition coefficient (Wildman–Crippen LogP) is -1.15. The first-order valence-corrected chi connectivity index (χ1v) is 6.69. The molecule has 4 N–H and O–H groups in total. The average molecular weight is 280 g/mol. The summed E-state index contributed by atoms with van der Waals surface area (Å²) >= 11 is 0. The summed E-state index contributed by atoms with van der Waals surface area (Å²) in [6.45, 7) is 2.75. The minimum atomic E-state index is -0.346. The van der Waals surface area contributed by atoms with Crippen LogP contribution in [0.2, 0.25) is 0 Å². The number of nitrogens with zero attached hydrogens (tertiary/aromatic N) is 4. The first-order valence-electron chi connectivity index (χ1n) is 6.69. The standard InChI is InChI=1S/C12H20N6O2/c1-8-2-3-9(12(14)20)5-18(8)11(19)7-17-6-10(4-13)15-16-17/h6,8-9H,2-5,7,13H2,1H3,(H2,14,20). The number of rotatable bonds is 4. The number of carbonyl (C=O) groups is 2. The quantitative estimate of drug-likeness (QED) is 0.721. The van der Waals surface area contributed by atoms with Crippen LogP contribution in [0.5, 0.6) is 0 Å². The number of aromatic nitrogens is 3. The van der Waals surface area contributed by atoms with Crippen LogP contribution in [-0.2, 0) is 22.7 Å². The van der Waals surface area contributed by atoms with Gasteiger partial charge in [-0.2, -0.15) is 0 Å². The van der Waals surface area contributed by atoms with Crippen LogP contribution in [0.25, 0.3) is 0 Å². The fourth-order valence-electron chi connectivity index (χ4n) is 2.43. The summed E-state index contributed by atoms with van der Waals surface area (Å²) in [6, 6.07) is 0.107. The molecule has 1 aromatic heterocycles. The Bertz CT molecular complexity index is 500. The van der Waals surface area contributed by atoms with E-state index in [0.717, 1.165) is 12.8 Å². The Balaban J connectivity index is 2.01. The maximum absolute atomic E-state index is 12.3. The van der Waals surface area contributed by atoms with Gasteiger partial charge >= 0.3 is 0 Å². The van der Waals surface area contributed by atoms with Crippen molar-refractivity contribution in [1.29, 1.82) is 0 Å². The second-order valence-electron chi connectivity index (χ2n) is 5.18. The lowest BCUT2D eigenvalue weighted by molar-refractivity contribution is -0.138. The largest absolute Gasteiger partial charge is 0.369 e. The van der Waals surface area contributed by atoms with Gasteiger partial charge in [0.05, 0.1) is 17.8 Å². The molecule has 2 amide bonds. The van der Waals surface area contributed by atoms with Gasteiger partial charge in [0, 0.05) is 19.1 Å². The van der Waals surface area contributed by atoms with E-state index in [4.69, 9.17) is 11.5 Å². The number of nitrogens with two attached hydrogens (primary N) is 2. The fraction of sp³-hybridized carbons (Fsp3) is 0.667. The van der Waals surface area contributed by atoms with Gasteiger partial charge in [0.15, 0.2) is 0 Å². The lowest BCUT2D eigenvalue weighted by Gasteiger charge is -2.36. The summed E-state index contributed by atoms with van der Waals surface area (Å²) in [6.07, 6.45) is 3.17. The first kappa shape index (κ1) is 14.4. The van der Waals surface area contributed by atoms with Gasteiger partial charge in [-0.25, -0.2) is 4.68 Å². The van der Waals surface area contributed by atoms with Crippen LogP contribution < -0.4 is 11.5 Å². The van der Waals surface area contributed by atoms with Crippen LogP contribution >= 0.6 is 0 Å². The SMILES string of the molecule is CC1CCC(C(N)=O)CN1C(=O)Cn1cc(CN)nn1. The highest BCUT2D eigenvalue weighted by atomic mass is 16.2. The normalized spacial score (nSPS) is 22.8. The Labute approximate surface area is 117 Å². The Kier molecular flexibility index (Phi) is 4.33. The van der Waals surface area contributed by atoms with Crippen molar-refractivity contribution in [3.05, 3.63) is 11.9 Å². The van der Waals surface area contributed by atoms with Crippen LogP contribution in [0, 0.1) is 5.92 Å². The summed E-state index contributed by atoms with van der Waals surface area (Å²) < 4.78 is 1.46. The minimum Gasteiger partial charge on any atom is -0.369 e. The third-order valence-electron chi connectivity index (χ3n) is 3.70. The number of hydrogen-bond donors (Lipinski definition) is 2. The van der Waals surface area contributed by atoms with Gasteiger partial charge in [0.1, 0.15) is 6.54 Å². The molecule has 110 valence electrons. The van der Waals surface area contributed by atoms with Crippen molar-refractivity contribution in [2.75, 3.05) is 6.54 Å². The molecule has 1 aliphatic rings. The highest BCUT2D eigenvalue weighted by molar-refractivity contribution is 5.80. The summed E-state index contributed by atoms with van der Waals surface area (Å²) in [7, 11) is 0. The zero-order chi connectivity index (χ0) is 14.7. The zero-order valence-electron chi connectivity index (χ0n) is 11.5. The van der Waals surface area contributed by atoms with Crippen molar-refractivity contribution in [3.63, 3.8) is 0 Å². The highest BCUT2D eigenvalue weighted by Crippen LogP contribution is 2.21. The molecule has 0 aromatic carbocycles. The molecule has 2 atom stereocenters. The molecule has 0 aliphatic carbocycles. The molecular weight excluding hydrogens is 260 g/mol. The number of carbonyl (C=O) groups excluding carboxylic acids is 2. The van der Waals surface area contributed by atoms with Crippen LogP contribution in [0.4, 0.5) is 0 Å². The second kappa shape index (κ2) is 6.00. The van der Waals surface area contributed by atoms with Gasteiger partial charge in [-0.15, -0.1) is 5.10 Å². The van der Waals surface area contributed by atoms with E-state index in [2.05, 4.69) is 10.3 Å². The molecule has 2 unspecified atom stereocenters. The van der Waals surface area contributed by atoms with Crippen molar-refractivity contribution < 1.29 is 9.59 Å². The van der Waals surface area contributed by atoms with E-state index in [1.54, 1.807) is 11.1 Å². The number of hydrogen-bond acceptors (Lipinski definition) is 5. The van der Waals surface area contributed by atoms with E-state index in [0.29, 0.717) is 12.2 Å². The monoisotopic (exact) mass is 280 g/mol. The van der Waals surface area contributed by atoms with E-state index >= 15 is 0 Å². The van der Waals surface area contributed by atoms with E-state index in [1.165, 1.54) is 4.68 Å². The van der Waals surface area contributed by atoms with Crippen molar-refractivity contribution in [1.82, 2.24) is 19.9 Å². The van der Waals surface area contributed by atoms with Gasteiger partial charge < -0.3 is 16.4 Å². The molecule has 8 nitrogen and oxygen atoms in total.